The number of benzene rings is 2. The lowest BCUT2D eigenvalue weighted by Crippen LogP contribution is -2.32. The molecule has 0 saturated heterocycles. The van der Waals surface area contributed by atoms with Gasteiger partial charge >= 0.3 is 5.97 Å². The summed E-state index contributed by atoms with van der Waals surface area (Å²) in [4.78, 5) is 23.9. The number of carbonyl (C=O) groups is 2. The molecule has 0 radical (unpaired) electrons. The van der Waals surface area contributed by atoms with Gasteiger partial charge in [-0.2, -0.15) is 0 Å². The first-order chi connectivity index (χ1) is 13.3. The molecule has 3 rings (SSSR count). The SMILES string of the molecule is C[C@H](OC(=O)COc1ccc2c(c1)CCC2)C(=O)Nc1ccc(F)c(F)c1F. The van der Waals surface area contributed by atoms with Crippen molar-refractivity contribution in [2.24, 2.45) is 0 Å². The molecule has 0 aliphatic heterocycles. The predicted octanol–water partition coefficient (Wildman–Crippen LogP) is 3.54. The zero-order valence-electron chi connectivity index (χ0n) is 15.1. The van der Waals surface area contributed by atoms with E-state index in [0.717, 1.165) is 25.3 Å². The van der Waals surface area contributed by atoms with Gasteiger partial charge in [-0.3, -0.25) is 4.79 Å². The first-order valence-corrected chi connectivity index (χ1v) is 8.73. The fourth-order valence-electron chi connectivity index (χ4n) is 2.92. The molecule has 2 aromatic carbocycles. The Morgan fingerprint density at radius 2 is 1.82 bits per heavy atom. The summed E-state index contributed by atoms with van der Waals surface area (Å²) in [7, 11) is 0. The second-order valence-corrected chi connectivity index (χ2v) is 6.42. The van der Waals surface area contributed by atoms with Crippen LogP contribution >= 0.6 is 0 Å². The van der Waals surface area contributed by atoms with E-state index in [1.165, 1.54) is 18.1 Å². The highest BCUT2D eigenvalue weighted by molar-refractivity contribution is 5.95. The van der Waals surface area contributed by atoms with Gasteiger partial charge in [-0.05, 0) is 61.6 Å². The van der Waals surface area contributed by atoms with Gasteiger partial charge in [0.25, 0.3) is 5.91 Å². The molecule has 0 fully saturated rings. The largest absolute Gasteiger partial charge is 0.482 e. The van der Waals surface area contributed by atoms with Crippen molar-refractivity contribution in [1.29, 1.82) is 0 Å². The van der Waals surface area contributed by atoms with Crippen molar-refractivity contribution < 1.29 is 32.2 Å². The Morgan fingerprint density at radius 3 is 2.61 bits per heavy atom. The van der Waals surface area contributed by atoms with E-state index in [4.69, 9.17) is 9.47 Å². The Bertz CT molecular complexity index is 917. The zero-order chi connectivity index (χ0) is 20.3. The average molecular weight is 393 g/mol. The Balaban J connectivity index is 1.51. The number of carbonyl (C=O) groups excluding carboxylic acids is 2. The van der Waals surface area contributed by atoms with E-state index < -0.39 is 47.7 Å². The number of nitrogens with one attached hydrogen (secondary N) is 1. The number of aryl methyl sites for hydroxylation is 2. The van der Waals surface area contributed by atoms with E-state index in [2.05, 4.69) is 0 Å². The minimum atomic E-state index is -1.70. The molecule has 1 aliphatic carbocycles. The van der Waals surface area contributed by atoms with E-state index in [1.54, 1.807) is 6.07 Å². The van der Waals surface area contributed by atoms with E-state index >= 15 is 0 Å². The van der Waals surface area contributed by atoms with Crippen LogP contribution in [0.1, 0.15) is 24.5 Å². The van der Waals surface area contributed by atoms with Crippen LogP contribution in [0.25, 0.3) is 0 Å². The minimum Gasteiger partial charge on any atom is -0.482 e. The van der Waals surface area contributed by atoms with Gasteiger partial charge in [0.2, 0.25) is 0 Å². The van der Waals surface area contributed by atoms with E-state index in [-0.39, 0.29) is 0 Å². The summed E-state index contributed by atoms with van der Waals surface area (Å²) in [5.41, 5.74) is 1.90. The molecular weight excluding hydrogens is 375 g/mol. The summed E-state index contributed by atoms with van der Waals surface area (Å²) in [6.07, 6.45) is 1.80. The molecule has 0 spiro atoms. The average Bonchev–Trinajstić information content (AvgIpc) is 3.14. The fraction of sp³-hybridized carbons (Fsp3) is 0.300. The third kappa shape index (κ3) is 4.44. The van der Waals surface area contributed by atoms with Crippen LogP contribution in [-0.4, -0.2) is 24.6 Å². The number of anilines is 1. The van der Waals surface area contributed by atoms with Crippen LogP contribution in [0.2, 0.25) is 0 Å². The van der Waals surface area contributed by atoms with Crippen LogP contribution in [-0.2, 0) is 27.2 Å². The van der Waals surface area contributed by atoms with Gasteiger partial charge in [0.05, 0.1) is 5.69 Å². The quantitative estimate of drug-likeness (QED) is 0.602. The lowest BCUT2D eigenvalue weighted by Gasteiger charge is -2.14. The Hall–Kier alpha value is -3.03. The van der Waals surface area contributed by atoms with Gasteiger partial charge in [0.1, 0.15) is 5.75 Å². The van der Waals surface area contributed by atoms with Crippen molar-refractivity contribution in [3.05, 3.63) is 58.9 Å². The maximum absolute atomic E-state index is 13.6. The van der Waals surface area contributed by atoms with Crippen molar-refractivity contribution in [3.8, 4) is 5.75 Å². The second-order valence-electron chi connectivity index (χ2n) is 6.42. The van der Waals surface area contributed by atoms with E-state index in [1.807, 2.05) is 17.4 Å². The van der Waals surface area contributed by atoms with Gasteiger partial charge in [0.15, 0.2) is 30.2 Å². The van der Waals surface area contributed by atoms with Crippen LogP contribution in [0, 0.1) is 17.5 Å². The first kappa shape index (κ1) is 19.7. The third-order valence-electron chi connectivity index (χ3n) is 4.40. The van der Waals surface area contributed by atoms with Crippen LogP contribution < -0.4 is 10.1 Å². The van der Waals surface area contributed by atoms with Crippen LogP contribution in [0.5, 0.6) is 5.75 Å². The molecule has 0 saturated carbocycles. The molecule has 5 nitrogen and oxygen atoms in total. The van der Waals surface area contributed by atoms with E-state index in [9.17, 15) is 22.8 Å². The Kier molecular flexibility index (Phi) is 5.87. The van der Waals surface area contributed by atoms with Crippen LogP contribution in [0.3, 0.4) is 0 Å². The highest BCUT2D eigenvalue weighted by Gasteiger charge is 2.21. The number of halogens is 3. The van der Waals surface area contributed by atoms with Gasteiger partial charge in [-0.1, -0.05) is 6.07 Å². The molecule has 0 unspecified atom stereocenters. The third-order valence-corrected chi connectivity index (χ3v) is 4.40. The van der Waals surface area contributed by atoms with Crippen molar-refractivity contribution >= 4 is 17.6 Å². The predicted molar refractivity (Wildman–Crippen MR) is 94.5 cm³/mol. The number of ether oxygens (including phenoxy) is 2. The van der Waals surface area contributed by atoms with Crippen molar-refractivity contribution in [1.82, 2.24) is 0 Å². The standard InChI is InChI=1S/C20H18F3NO4/c1-11(20(26)24-16-8-7-15(21)18(22)19(16)23)28-17(25)10-27-14-6-5-12-3-2-4-13(12)9-14/h5-9,11H,2-4,10H2,1H3,(H,24,26)/t11-/m0/s1. The molecule has 2 aromatic rings. The molecule has 0 bridgehead atoms. The number of esters is 1. The van der Waals surface area contributed by atoms with Gasteiger partial charge < -0.3 is 14.8 Å². The molecule has 0 aromatic heterocycles. The number of hydrogen-bond acceptors (Lipinski definition) is 4. The Morgan fingerprint density at radius 1 is 1.07 bits per heavy atom. The first-order valence-electron chi connectivity index (χ1n) is 8.73. The molecule has 1 amide bonds. The van der Waals surface area contributed by atoms with Crippen molar-refractivity contribution in [3.63, 3.8) is 0 Å². The molecule has 8 heteroatoms. The summed E-state index contributed by atoms with van der Waals surface area (Å²) >= 11 is 0. The topological polar surface area (TPSA) is 64.6 Å². The summed E-state index contributed by atoms with van der Waals surface area (Å²) in [5, 5.41) is 2.05. The Labute approximate surface area is 159 Å². The highest BCUT2D eigenvalue weighted by Crippen LogP contribution is 2.26. The lowest BCUT2D eigenvalue weighted by atomic mass is 10.1. The second kappa shape index (κ2) is 8.33. The van der Waals surface area contributed by atoms with E-state index in [0.29, 0.717) is 11.8 Å². The molecule has 1 aliphatic rings. The highest BCUT2D eigenvalue weighted by atomic mass is 19.2. The summed E-state index contributed by atoms with van der Waals surface area (Å²) in [6, 6.07) is 7.14. The van der Waals surface area contributed by atoms with Gasteiger partial charge in [0, 0.05) is 0 Å². The molecular formula is C20H18F3NO4. The number of hydrogen-bond donors (Lipinski definition) is 1. The molecule has 148 valence electrons. The molecule has 1 N–H and O–H groups in total. The van der Waals surface area contributed by atoms with Gasteiger partial charge in [-0.15, -0.1) is 0 Å². The number of amides is 1. The fourth-order valence-corrected chi connectivity index (χ4v) is 2.92. The summed E-state index contributed by atoms with van der Waals surface area (Å²) in [6.45, 7) is 0.857. The summed E-state index contributed by atoms with van der Waals surface area (Å²) < 4.78 is 50.0. The minimum absolute atomic E-state index is 0.407. The molecule has 0 heterocycles. The summed E-state index contributed by atoms with van der Waals surface area (Å²) in [5.74, 6) is -5.78. The lowest BCUT2D eigenvalue weighted by molar-refractivity contribution is -0.155. The molecule has 28 heavy (non-hydrogen) atoms. The number of rotatable bonds is 6. The van der Waals surface area contributed by atoms with Crippen molar-refractivity contribution in [2.45, 2.75) is 32.3 Å². The van der Waals surface area contributed by atoms with Gasteiger partial charge in [-0.25, -0.2) is 18.0 Å². The van der Waals surface area contributed by atoms with Crippen LogP contribution in [0.15, 0.2) is 30.3 Å². The molecule has 1 atom stereocenters. The monoisotopic (exact) mass is 393 g/mol. The normalized spacial score (nSPS) is 13.6. The zero-order valence-corrected chi connectivity index (χ0v) is 15.1. The van der Waals surface area contributed by atoms with Crippen LogP contribution in [0.4, 0.5) is 18.9 Å². The smallest absolute Gasteiger partial charge is 0.344 e. The van der Waals surface area contributed by atoms with Crippen molar-refractivity contribution in [2.75, 3.05) is 11.9 Å². The maximum Gasteiger partial charge on any atom is 0.344 e. The maximum atomic E-state index is 13.6. The number of fused-ring (bicyclic) bond motifs is 1.